The number of nitrogens with zero attached hydrogens (tertiary/aromatic N) is 3. The molecule has 1 aliphatic rings. The van der Waals surface area contributed by atoms with Crippen molar-refractivity contribution in [1.82, 2.24) is 9.55 Å². The van der Waals surface area contributed by atoms with Crippen molar-refractivity contribution in [2.75, 3.05) is 13.4 Å². The summed E-state index contributed by atoms with van der Waals surface area (Å²) in [4.78, 5) is 34.0. The van der Waals surface area contributed by atoms with E-state index in [0.29, 0.717) is 26.8 Å². The summed E-state index contributed by atoms with van der Waals surface area (Å²) in [6, 6.07) is 11.1. The van der Waals surface area contributed by atoms with E-state index in [0.717, 1.165) is 14.9 Å². The maximum absolute atomic E-state index is 12.8. The number of hydrogen-bond acceptors (Lipinski definition) is 8. The van der Waals surface area contributed by atoms with Gasteiger partial charge in [0.1, 0.15) is 6.54 Å². The molecule has 0 saturated carbocycles. The maximum Gasteiger partial charge on any atom is 0.326 e. The van der Waals surface area contributed by atoms with Gasteiger partial charge in [-0.2, -0.15) is 4.99 Å². The molecule has 10 heteroatoms. The summed E-state index contributed by atoms with van der Waals surface area (Å²) in [5.74, 6) is 0.335. The van der Waals surface area contributed by atoms with Crippen molar-refractivity contribution in [3.8, 4) is 11.5 Å². The van der Waals surface area contributed by atoms with E-state index in [4.69, 9.17) is 14.2 Å². The van der Waals surface area contributed by atoms with Crippen LogP contribution >= 0.6 is 22.7 Å². The van der Waals surface area contributed by atoms with E-state index in [1.807, 2.05) is 30.3 Å². The van der Waals surface area contributed by atoms with Crippen LogP contribution in [0, 0.1) is 0 Å². The van der Waals surface area contributed by atoms with Crippen LogP contribution in [0.3, 0.4) is 0 Å². The lowest BCUT2D eigenvalue weighted by Crippen LogP contribution is -2.23. The Bertz CT molecular complexity index is 1340. The summed E-state index contributed by atoms with van der Waals surface area (Å²) in [5.41, 5.74) is 1.47. The van der Waals surface area contributed by atoms with E-state index < -0.39 is 11.9 Å². The van der Waals surface area contributed by atoms with E-state index >= 15 is 0 Å². The molecule has 0 spiro atoms. The monoisotopic (exact) mass is 441 g/mol. The summed E-state index contributed by atoms with van der Waals surface area (Å²) in [5, 5.41) is 0.297. The van der Waals surface area contributed by atoms with E-state index in [1.54, 1.807) is 17.6 Å². The number of rotatable bonds is 4. The van der Waals surface area contributed by atoms with E-state index in [1.165, 1.54) is 22.7 Å². The van der Waals surface area contributed by atoms with Gasteiger partial charge in [-0.05, 0) is 19.1 Å². The first-order valence-electron chi connectivity index (χ1n) is 9.15. The average Bonchev–Trinajstić information content (AvgIpc) is 3.44. The van der Waals surface area contributed by atoms with Gasteiger partial charge in [0, 0.05) is 12.1 Å². The standard InChI is InChI=1S/C20H15N3O5S2/c1-2-26-17(24)9-23-12-7-13-14(28-10-27-13)8-16(12)30-20(23)22-18(25)19-21-11-5-3-4-6-15(11)29-19/h3-8H,2,9-10H2,1H3. The highest BCUT2D eigenvalue weighted by atomic mass is 32.1. The Morgan fingerprint density at radius 2 is 1.97 bits per heavy atom. The van der Waals surface area contributed by atoms with Gasteiger partial charge in [0.25, 0.3) is 0 Å². The minimum atomic E-state index is -0.458. The predicted octanol–water partition coefficient (Wildman–Crippen LogP) is 3.35. The first-order valence-corrected chi connectivity index (χ1v) is 10.8. The number of fused-ring (bicyclic) bond motifs is 3. The second-order valence-corrected chi connectivity index (χ2v) is 8.39. The number of thiazole rings is 2. The molecule has 0 aliphatic carbocycles. The smallest absolute Gasteiger partial charge is 0.326 e. The highest BCUT2D eigenvalue weighted by Gasteiger charge is 2.20. The van der Waals surface area contributed by atoms with Crippen LogP contribution < -0.4 is 14.3 Å². The van der Waals surface area contributed by atoms with Crippen molar-refractivity contribution in [3.05, 3.63) is 46.2 Å². The number of para-hydroxylation sites is 1. The number of carbonyl (C=O) groups excluding carboxylic acids is 2. The lowest BCUT2D eigenvalue weighted by molar-refractivity contribution is -0.143. The second kappa shape index (κ2) is 7.54. The van der Waals surface area contributed by atoms with Crippen LogP contribution in [0.4, 0.5) is 0 Å². The number of aromatic nitrogens is 2. The summed E-state index contributed by atoms with van der Waals surface area (Å²) < 4.78 is 19.4. The molecule has 2 aromatic carbocycles. The molecule has 0 saturated heterocycles. The van der Waals surface area contributed by atoms with Crippen LogP contribution in [0.15, 0.2) is 41.4 Å². The van der Waals surface area contributed by atoms with Gasteiger partial charge in [0.2, 0.25) is 6.79 Å². The minimum Gasteiger partial charge on any atom is -0.465 e. The Labute approximate surface area is 178 Å². The molecule has 0 radical (unpaired) electrons. The Hall–Kier alpha value is -3.24. The summed E-state index contributed by atoms with van der Waals surface area (Å²) in [6.45, 7) is 2.09. The van der Waals surface area contributed by atoms with Crippen LogP contribution in [-0.2, 0) is 16.1 Å². The fraction of sp³-hybridized carbons (Fsp3) is 0.200. The molecule has 3 heterocycles. The fourth-order valence-electron chi connectivity index (χ4n) is 3.13. The molecule has 0 atom stereocenters. The quantitative estimate of drug-likeness (QED) is 0.451. The molecular weight excluding hydrogens is 426 g/mol. The highest BCUT2D eigenvalue weighted by Crippen LogP contribution is 2.37. The van der Waals surface area contributed by atoms with Crippen LogP contribution in [0.1, 0.15) is 16.7 Å². The Kier molecular flexibility index (Phi) is 4.72. The molecule has 4 aromatic rings. The van der Waals surface area contributed by atoms with Crippen LogP contribution in [0.5, 0.6) is 11.5 Å². The SMILES string of the molecule is CCOC(=O)Cn1c(=NC(=O)c2nc3ccccc3s2)sc2cc3c(cc21)OCO3. The molecule has 1 aliphatic heterocycles. The van der Waals surface area contributed by atoms with E-state index in [9.17, 15) is 9.59 Å². The third kappa shape index (κ3) is 3.33. The fourth-order valence-corrected chi connectivity index (χ4v) is 5.02. The van der Waals surface area contributed by atoms with Gasteiger partial charge >= 0.3 is 11.9 Å². The minimum absolute atomic E-state index is 0.0700. The molecule has 30 heavy (non-hydrogen) atoms. The van der Waals surface area contributed by atoms with Crippen molar-refractivity contribution in [3.63, 3.8) is 0 Å². The van der Waals surface area contributed by atoms with Crippen molar-refractivity contribution in [2.45, 2.75) is 13.5 Å². The van der Waals surface area contributed by atoms with Gasteiger partial charge < -0.3 is 18.8 Å². The van der Waals surface area contributed by atoms with Gasteiger partial charge in [0.15, 0.2) is 21.3 Å². The maximum atomic E-state index is 12.8. The van der Waals surface area contributed by atoms with Gasteiger partial charge in [-0.15, -0.1) is 11.3 Å². The highest BCUT2D eigenvalue weighted by molar-refractivity contribution is 7.20. The Balaban J connectivity index is 1.62. The normalized spacial score (nSPS) is 13.3. The zero-order valence-corrected chi connectivity index (χ0v) is 17.4. The Morgan fingerprint density at radius 3 is 2.77 bits per heavy atom. The van der Waals surface area contributed by atoms with Crippen LogP contribution in [0.25, 0.3) is 20.4 Å². The van der Waals surface area contributed by atoms with Crippen LogP contribution in [0.2, 0.25) is 0 Å². The summed E-state index contributed by atoms with van der Waals surface area (Å²) in [6.07, 6.45) is 0. The molecule has 0 N–H and O–H groups in total. The predicted molar refractivity (Wildman–Crippen MR) is 112 cm³/mol. The zero-order valence-electron chi connectivity index (χ0n) is 15.8. The lowest BCUT2D eigenvalue weighted by atomic mass is 10.3. The van der Waals surface area contributed by atoms with Crippen molar-refractivity contribution < 1.29 is 23.8 Å². The van der Waals surface area contributed by atoms with Crippen molar-refractivity contribution in [2.24, 2.45) is 4.99 Å². The van der Waals surface area contributed by atoms with E-state index in [2.05, 4.69) is 9.98 Å². The number of esters is 1. The largest absolute Gasteiger partial charge is 0.465 e. The molecule has 5 rings (SSSR count). The molecule has 1 amide bonds. The third-order valence-corrected chi connectivity index (χ3v) is 6.51. The zero-order chi connectivity index (χ0) is 20.7. The van der Waals surface area contributed by atoms with Crippen molar-refractivity contribution >= 4 is 55.0 Å². The Morgan fingerprint density at radius 1 is 1.17 bits per heavy atom. The first kappa shape index (κ1) is 18.8. The van der Waals surface area contributed by atoms with Gasteiger partial charge in [-0.25, -0.2) is 4.98 Å². The molecule has 8 nitrogen and oxygen atoms in total. The number of amides is 1. The average molecular weight is 441 g/mol. The molecule has 0 fully saturated rings. The topological polar surface area (TPSA) is 92.0 Å². The number of carbonyl (C=O) groups is 2. The lowest BCUT2D eigenvalue weighted by Gasteiger charge is -2.05. The van der Waals surface area contributed by atoms with E-state index in [-0.39, 0.29) is 19.9 Å². The number of ether oxygens (including phenoxy) is 3. The van der Waals surface area contributed by atoms with Gasteiger partial charge in [-0.1, -0.05) is 23.5 Å². The number of benzene rings is 2. The molecule has 2 aromatic heterocycles. The first-order chi connectivity index (χ1) is 14.6. The molecular formula is C20H15N3O5S2. The van der Waals surface area contributed by atoms with Crippen molar-refractivity contribution in [1.29, 1.82) is 0 Å². The second-order valence-electron chi connectivity index (χ2n) is 6.35. The molecule has 0 unspecified atom stereocenters. The number of hydrogen-bond donors (Lipinski definition) is 0. The molecule has 0 bridgehead atoms. The summed E-state index contributed by atoms with van der Waals surface area (Å²) in [7, 11) is 0. The van der Waals surface area contributed by atoms with Gasteiger partial charge in [0.05, 0.1) is 27.0 Å². The third-order valence-electron chi connectivity index (χ3n) is 4.44. The summed E-state index contributed by atoms with van der Waals surface area (Å²) >= 11 is 2.58. The van der Waals surface area contributed by atoms with Gasteiger partial charge in [-0.3, -0.25) is 9.59 Å². The molecule has 152 valence electrons. The van der Waals surface area contributed by atoms with Crippen LogP contribution in [-0.4, -0.2) is 34.8 Å².